The van der Waals surface area contributed by atoms with Gasteiger partial charge in [0.2, 0.25) is 5.91 Å². The average molecular weight is 264 g/mol. The second-order valence-electron chi connectivity index (χ2n) is 5.59. The topological polar surface area (TPSA) is 67.4 Å². The van der Waals surface area contributed by atoms with Gasteiger partial charge in [0.15, 0.2) is 0 Å². The molecule has 0 aliphatic heterocycles. The lowest BCUT2D eigenvalue weighted by molar-refractivity contribution is -0.124. The van der Waals surface area contributed by atoms with E-state index in [1.807, 2.05) is 27.7 Å². The van der Waals surface area contributed by atoms with E-state index < -0.39 is 16.6 Å². The third kappa shape index (κ3) is 8.29. The Hall–Kier alpha value is -0.460. The van der Waals surface area contributed by atoms with Gasteiger partial charge >= 0.3 is 0 Å². The van der Waals surface area contributed by atoms with Crippen LogP contribution in [-0.4, -0.2) is 29.0 Å². The lowest BCUT2D eigenvalue weighted by Crippen LogP contribution is -2.38. The average Bonchev–Trinajstić information content (AvgIpc) is 2.12. The molecule has 0 aromatic heterocycles. The molecule has 1 amide bonds. The van der Waals surface area contributed by atoms with Crippen molar-refractivity contribution in [3.05, 3.63) is 0 Å². The maximum Gasteiger partial charge on any atom is 0.220 e. The van der Waals surface area contributed by atoms with Gasteiger partial charge in [-0.15, -0.1) is 4.89 Å². The van der Waals surface area contributed by atoms with Crippen LogP contribution in [0.4, 0.5) is 0 Å². The quantitative estimate of drug-likeness (QED) is 0.677. The van der Waals surface area contributed by atoms with E-state index in [4.69, 9.17) is 4.84 Å². The minimum atomic E-state index is -1.20. The van der Waals surface area contributed by atoms with Crippen molar-refractivity contribution in [2.45, 2.75) is 46.1 Å². The first-order valence-electron chi connectivity index (χ1n) is 5.56. The van der Waals surface area contributed by atoms with Gasteiger partial charge in [0.25, 0.3) is 0 Å². The standard InChI is InChI=1S/C11H24N2O3S/c1-10(2,7-9(14)12-5)8-11(3,4)16-13-17(6)15/h13H,7-8H2,1-6H3,(H,12,14). The number of hydrogen-bond acceptors (Lipinski definition) is 3. The summed E-state index contributed by atoms with van der Waals surface area (Å²) in [6.07, 6.45) is 2.62. The van der Waals surface area contributed by atoms with Crippen molar-refractivity contribution in [2.24, 2.45) is 5.41 Å². The van der Waals surface area contributed by atoms with Gasteiger partial charge in [0, 0.05) is 19.7 Å². The summed E-state index contributed by atoms with van der Waals surface area (Å²) in [4.78, 5) is 19.2. The second-order valence-corrected chi connectivity index (χ2v) is 6.67. The van der Waals surface area contributed by atoms with Crippen LogP contribution in [0.3, 0.4) is 0 Å². The molecule has 0 saturated carbocycles. The van der Waals surface area contributed by atoms with Crippen molar-refractivity contribution >= 4 is 16.9 Å². The highest BCUT2D eigenvalue weighted by Crippen LogP contribution is 2.32. The summed E-state index contributed by atoms with van der Waals surface area (Å²) in [5.74, 6) is 0.0119. The second kappa shape index (κ2) is 6.47. The van der Waals surface area contributed by atoms with Gasteiger partial charge in [-0.2, -0.15) is 0 Å². The molecule has 0 aromatic rings. The molecule has 0 fully saturated rings. The van der Waals surface area contributed by atoms with Crippen LogP contribution in [0.15, 0.2) is 0 Å². The first-order chi connectivity index (χ1) is 7.58. The van der Waals surface area contributed by atoms with Gasteiger partial charge in [0.1, 0.15) is 11.0 Å². The van der Waals surface area contributed by atoms with Crippen LogP contribution < -0.4 is 10.2 Å². The van der Waals surface area contributed by atoms with Crippen LogP contribution in [0.5, 0.6) is 0 Å². The highest BCUT2D eigenvalue weighted by atomic mass is 32.2. The SMILES string of the molecule is CNC(=O)CC(C)(C)CC(C)(C)ONS(C)=O. The molecule has 0 radical (unpaired) electrons. The third-order valence-electron chi connectivity index (χ3n) is 2.26. The molecule has 102 valence electrons. The Morgan fingerprint density at radius 3 is 2.24 bits per heavy atom. The number of nitrogens with one attached hydrogen (secondary N) is 2. The van der Waals surface area contributed by atoms with E-state index in [0.717, 1.165) is 0 Å². The van der Waals surface area contributed by atoms with E-state index in [0.29, 0.717) is 12.8 Å². The third-order valence-corrected chi connectivity index (χ3v) is 2.58. The van der Waals surface area contributed by atoms with E-state index in [2.05, 4.69) is 10.2 Å². The lowest BCUT2D eigenvalue weighted by atomic mass is 9.79. The summed E-state index contributed by atoms with van der Waals surface area (Å²) in [5, 5.41) is 2.61. The van der Waals surface area contributed by atoms with Gasteiger partial charge < -0.3 is 5.32 Å². The Morgan fingerprint density at radius 1 is 1.29 bits per heavy atom. The van der Waals surface area contributed by atoms with Crippen molar-refractivity contribution in [2.75, 3.05) is 13.3 Å². The smallest absolute Gasteiger partial charge is 0.220 e. The van der Waals surface area contributed by atoms with Crippen LogP contribution >= 0.6 is 0 Å². The fourth-order valence-corrected chi connectivity index (χ4v) is 2.29. The highest BCUT2D eigenvalue weighted by Gasteiger charge is 2.31. The summed E-state index contributed by atoms with van der Waals surface area (Å²) in [7, 11) is 0.423. The van der Waals surface area contributed by atoms with Gasteiger partial charge in [-0.05, 0) is 25.7 Å². The monoisotopic (exact) mass is 264 g/mol. The number of rotatable bonds is 7. The molecular formula is C11H24N2O3S. The normalized spacial score (nSPS) is 14.5. The van der Waals surface area contributed by atoms with E-state index >= 15 is 0 Å². The summed E-state index contributed by atoms with van der Waals surface area (Å²) in [5.41, 5.74) is -0.663. The van der Waals surface area contributed by atoms with E-state index in [1.165, 1.54) is 6.26 Å². The van der Waals surface area contributed by atoms with Crippen LogP contribution in [0.1, 0.15) is 40.5 Å². The van der Waals surface area contributed by atoms with Crippen molar-refractivity contribution in [1.29, 1.82) is 0 Å². The zero-order valence-electron chi connectivity index (χ0n) is 11.5. The Bertz CT molecular complexity index is 290. The molecule has 2 N–H and O–H groups in total. The van der Waals surface area contributed by atoms with Gasteiger partial charge in [-0.3, -0.25) is 9.63 Å². The zero-order valence-corrected chi connectivity index (χ0v) is 12.4. The minimum absolute atomic E-state index is 0.0119. The Labute approximate surface area is 106 Å². The predicted octanol–water partition coefficient (Wildman–Crippen LogP) is 1.13. The highest BCUT2D eigenvalue weighted by molar-refractivity contribution is 7.82. The molecule has 17 heavy (non-hydrogen) atoms. The summed E-state index contributed by atoms with van der Waals surface area (Å²) in [6, 6.07) is 0. The van der Waals surface area contributed by atoms with E-state index in [1.54, 1.807) is 7.05 Å². The maximum absolute atomic E-state index is 11.4. The zero-order chi connectivity index (χ0) is 13.7. The fourth-order valence-electron chi connectivity index (χ4n) is 1.95. The van der Waals surface area contributed by atoms with Crippen LogP contribution in [0.25, 0.3) is 0 Å². The molecule has 1 atom stereocenters. The predicted molar refractivity (Wildman–Crippen MR) is 69.4 cm³/mol. The summed E-state index contributed by atoms with van der Waals surface area (Å²) in [6.45, 7) is 7.82. The lowest BCUT2D eigenvalue weighted by Gasteiger charge is -2.33. The Balaban J connectivity index is 4.36. The van der Waals surface area contributed by atoms with Gasteiger partial charge in [0.05, 0.1) is 5.60 Å². The molecule has 0 bridgehead atoms. The molecule has 0 saturated heterocycles. The Kier molecular flexibility index (Phi) is 6.29. The first kappa shape index (κ1) is 16.5. The fraction of sp³-hybridized carbons (Fsp3) is 0.909. The number of carbonyl (C=O) groups excluding carboxylic acids is 1. The molecule has 5 nitrogen and oxygen atoms in total. The van der Waals surface area contributed by atoms with Gasteiger partial charge in [-0.25, -0.2) is 4.21 Å². The summed E-state index contributed by atoms with van der Waals surface area (Å²) >= 11 is 0. The molecule has 0 aromatic carbocycles. The van der Waals surface area contributed by atoms with Crippen LogP contribution in [0, 0.1) is 5.41 Å². The van der Waals surface area contributed by atoms with Crippen molar-refractivity contribution in [3.8, 4) is 0 Å². The van der Waals surface area contributed by atoms with Crippen molar-refractivity contribution < 1.29 is 13.8 Å². The molecule has 6 heteroatoms. The first-order valence-corrected chi connectivity index (χ1v) is 7.11. The minimum Gasteiger partial charge on any atom is -0.359 e. The van der Waals surface area contributed by atoms with Crippen LogP contribution in [0.2, 0.25) is 0 Å². The molecule has 0 aliphatic rings. The summed E-state index contributed by atoms with van der Waals surface area (Å²) < 4.78 is 10.9. The van der Waals surface area contributed by atoms with E-state index in [-0.39, 0.29) is 11.3 Å². The van der Waals surface area contributed by atoms with E-state index in [9.17, 15) is 9.00 Å². The molecule has 0 rings (SSSR count). The maximum atomic E-state index is 11.4. The molecule has 1 unspecified atom stereocenters. The number of carbonyl (C=O) groups is 1. The van der Waals surface area contributed by atoms with Crippen molar-refractivity contribution in [1.82, 2.24) is 10.2 Å². The van der Waals surface area contributed by atoms with Crippen LogP contribution in [-0.2, 0) is 20.6 Å². The molecular weight excluding hydrogens is 240 g/mol. The largest absolute Gasteiger partial charge is 0.359 e. The molecule has 0 spiro atoms. The number of amides is 1. The van der Waals surface area contributed by atoms with Gasteiger partial charge in [-0.1, -0.05) is 13.8 Å². The Morgan fingerprint density at radius 2 is 1.82 bits per heavy atom. The molecule has 0 heterocycles. The molecule has 0 aliphatic carbocycles. The van der Waals surface area contributed by atoms with Crippen molar-refractivity contribution in [3.63, 3.8) is 0 Å². The number of hydrogen-bond donors (Lipinski definition) is 2.